The first-order chi connectivity index (χ1) is 10.7. The summed E-state index contributed by atoms with van der Waals surface area (Å²) in [6, 6.07) is 12.0. The highest BCUT2D eigenvalue weighted by Gasteiger charge is 2.14. The summed E-state index contributed by atoms with van der Waals surface area (Å²) < 4.78 is 16.5. The van der Waals surface area contributed by atoms with E-state index in [1.165, 1.54) is 5.56 Å². The van der Waals surface area contributed by atoms with Gasteiger partial charge in [-0.05, 0) is 35.7 Å². The van der Waals surface area contributed by atoms with Gasteiger partial charge in [-0.1, -0.05) is 26.0 Å². The van der Waals surface area contributed by atoms with Gasteiger partial charge in [0.15, 0.2) is 0 Å². The van der Waals surface area contributed by atoms with Crippen LogP contribution in [0.2, 0.25) is 0 Å². The molecule has 4 nitrogen and oxygen atoms in total. The minimum atomic E-state index is 0.0517. The summed E-state index contributed by atoms with van der Waals surface area (Å²) in [6.07, 6.45) is 1.69. The first kappa shape index (κ1) is 16.6. The zero-order valence-corrected chi connectivity index (χ0v) is 13.5. The number of benzene rings is 1. The Labute approximate surface area is 132 Å². The Morgan fingerprint density at radius 2 is 1.86 bits per heavy atom. The molecule has 1 unspecified atom stereocenters. The topological polar surface area (TPSA) is 43.6 Å². The van der Waals surface area contributed by atoms with Crippen molar-refractivity contribution < 1.29 is 13.9 Å². The summed E-state index contributed by atoms with van der Waals surface area (Å²) in [5.74, 6) is 2.29. The summed E-state index contributed by atoms with van der Waals surface area (Å²) in [7, 11) is 1.67. The van der Waals surface area contributed by atoms with Crippen LogP contribution in [0.15, 0.2) is 47.1 Å². The number of hydrogen-bond acceptors (Lipinski definition) is 4. The molecule has 0 aliphatic heterocycles. The van der Waals surface area contributed by atoms with Gasteiger partial charge in [0.2, 0.25) is 0 Å². The van der Waals surface area contributed by atoms with Crippen LogP contribution in [-0.2, 0) is 11.3 Å². The molecule has 1 atom stereocenters. The van der Waals surface area contributed by atoms with Crippen molar-refractivity contribution in [3.05, 3.63) is 54.0 Å². The van der Waals surface area contributed by atoms with Crippen molar-refractivity contribution in [2.75, 3.05) is 20.3 Å². The molecule has 1 aromatic carbocycles. The molecular formula is C18H25NO3. The summed E-state index contributed by atoms with van der Waals surface area (Å²) in [4.78, 5) is 0. The average molecular weight is 303 g/mol. The number of rotatable bonds is 9. The SMILES string of the molecule is COc1ccc(CNC(COCC(C)C)c2ccco2)cc1. The molecule has 0 amide bonds. The third-order valence-electron chi connectivity index (χ3n) is 3.33. The van der Waals surface area contributed by atoms with Crippen LogP contribution in [0.5, 0.6) is 5.75 Å². The van der Waals surface area contributed by atoms with Crippen LogP contribution in [0, 0.1) is 5.92 Å². The van der Waals surface area contributed by atoms with Crippen molar-refractivity contribution in [2.45, 2.75) is 26.4 Å². The molecule has 0 aliphatic carbocycles. The maximum absolute atomic E-state index is 5.76. The Morgan fingerprint density at radius 3 is 2.45 bits per heavy atom. The largest absolute Gasteiger partial charge is 0.497 e. The second-order valence-corrected chi connectivity index (χ2v) is 5.73. The minimum absolute atomic E-state index is 0.0517. The third-order valence-corrected chi connectivity index (χ3v) is 3.33. The summed E-state index contributed by atoms with van der Waals surface area (Å²) in [6.45, 7) is 6.39. The second kappa shape index (κ2) is 8.61. The van der Waals surface area contributed by atoms with Gasteiger partial charge in [-0.15, -0.1) is 0 Å². The zero-order valence-electron chi connectivity index (χ0n) is 13.5. The van der Waals surface area contributed by atoms with Gasteiger partial charge in [-0.25, -0.2) is 0 Å². The van der Waals surface area contributed by atoms with E-state index in [9.17, 15) is 0 Å². The van der Waals surface area contributed by atoms with Crippen molar-refractivity contribution in [1.82, 2.24) is 5.32 Å². The van der Waals surface area contributed by atoms with E-state index in [4.69, 9.17) is 13.9 Å². The fraction of sp³-hybridized carbons (Fsp3) is 0.444. The molecule has 0 radical (unpaired) electrons. The molecule has 120 valence electrons. The van der Waals surface area contributed by atoms with Gasteiger partial charge in [0.25, 0.3) is 0 Å². The van der Waals surface area contributed by atoms with Gasteiger partial charge in [-0.3, -0.25) is 0 Å². The van der Waals surface area contributed by atoms with E-state index in [1.807, 2.05) is 24.3 Å². The van der Waals surface area contributed by atoms with Gasteiger partial charge < -0.3 is 19.2 Å². The lowest BCUT2D eigenvalue weighted by molar-refractivity contribution is 0.0844. The molecule has 2 aromatic rings. The van der Waals surface area contributed by atoms with E-state index in [1.54, 1.807) is 13.4 Å². The molecule has 22 heavy (non-hydrogen) atoms. The number of furan rings is 1. The maximum Gasteiger partial charge on any atom is 0.123 e. The van der Waals surface area contributed by atoms with Gasteiger partial charge >= 0.3 is 0 Å². The molecule has 0 spiro atoms. The Hall–Kier alpha value is -1.78. The quantitative estimate of drug-likeness (QED) is 0.765. The van der Waals surface area contributed by atoms with Crippen LogP contribution < -0.4 is 10.1 Å². The summed E-state index contributed by atoms with van der Waals surface area (Å²) in [5.41, 5.74) is 1.20. The Bertz CT molecular complexity index is 520. The molecule has 0 aliphatic rings. The average Bonchev–Trinajstić information content (AvgIpc) is 3.05. The maximum atomic E-state index is 5.76. The van der Waals surface area contributed by atoms with E-state index in [2.05, 4.69) is 31.3 Å². The fourth-order valence-corrected chi connectivity index (χ4v) is 2.14. The Kier molecular flexibility index (Phi) is 6.49. The first-order valence-corrected chi connectivity index (χ1v) is 7.66. The first-order valence-electron chi connectivity index (χ1n) is 7.66. The molecule has 0 fully saturated rings. The van der Waals surface area contributed by atoms with Crippen LogP contribution in [0.25, 0.3) is 0 Å². The van der Waals surface area contributed by atoms with E-state index >= 15 is 0 Å². The number of nitrogens with one attached hydrogen (secondary N) is 1. The van der Waals surface area contributed by atoms with Crippen molar-refractivity contribution >= 4 is 0 Å². The highest BCUT2D eigenvalue weighted by atomic mass is 16.5. The molecule has 1 N–H and O–H groups in total. The van der Waals surface area contributed by atoms with E-state index < -0.39 is 0 Å². The monoisotopic (exact) mass is 303 g/mol. The lowest BCUT2D eigenvalue weighted by Crippen LogP contribution is -2.25. The molecule has 0 bridgehead atoms. The van der Waals surface area contributed by atoms with Crippen LogP contribution in [-0.4, -0.2) is 20.3 Å². The number of methoxy groups -OCH3 is 1. The minimum Gasteiger partial charge on any atom is -0.497 e. The number of hydrogen-bond donors (Lipinski definition) is 1. The van der Waals surface area contributed by atoms with Crippen LogP contribution >= 0.6 is 0 Å². The van der Waals surface area contributed by atoms with Crippen molar-refractivity contribution in [3.8, 4) is 5.75 Å². The smallest absolute Gasteiger partial charge is 0.123 e. The van der Waals surface area contributed by atoms with Crippen molar-refractivity contribution in [3.63, 3.8) is 0 Å². The Balaban J connectivity index is 1.90. The lowest BCUT2D eigenvalue weighted by Gasteiger charge is -2.18. The molecule has 0 saturated carbocycles. The van der Waals surface area contributed by atoms with Crippen LogP contribution in [0.1, 0.15) is 31.2 Å². The van der Waals surface area contributed by atoms with Crippen molar-refractivity contribution in [2.24, 2.45) is 5.92 Å². The predicted octanol–water partition coefficient (Wildman–Crippen LogP) is 3.79. The third kappa shape index (κ3) is 5.20. The van der Waals surface area contributed by atoms with Gasteiger partial charge in [0.05, 0.1) is 26.0 Å². The van der Waals surface area contributed by atoms with Crippen molar-refractivity contribution in [1.29, 1.82) is 0 Å². The number of ether oxygens (including phenoxy) is 2. The Morgan fingerprint density at radius 1 is 1.09 bits per heavy atom. The van der Waals surface area contributed by atoms with Gasteiger partial charge in [-0.2, -0.15) is 0 Å². The molecule has 2 rings (SSSR count). The molecule has 1 heterocycles. The van der Waals surface area contributed by atoms with Crippen LogP contribution in [0.3, 0.4) is 0 Å². The predicted molar refractivity (Wildman–Crippen MR) is 86.9 cm³/mol. The fourth-order valence-electron chi connectivity index (χ4n) is 2.14. The second-order valence-electron chi connectivity index (χ2n) is 5.73. The standard InChI is InChI=1S/C18H25NO3/c1-14(2)12-21-13-17(18-5-4-10-22-18)19-11-15-6-8-16(20-3)9-7-15/h4-10,14,17,19H,11-13H2,1-3H3. The summed E-state index contributed by atoms with van der Waals surface area (Å²) in [5, 5.41) is 3.49. The zero-order chi connectivity index (χ0) is 15.8. The lowest BCUT2D eigenvalue weighted by atomic mass is 10.2. The molecule has 0 saturated heterocycles. The van der Waals surface area contributed by atoms with E-state index in [-0.39, 0.29) is 6.04 Å². The van der Waals surface area contributed by atoms with E-state index in [0.717, 1.165) is 24.7 Å². The van der Waals surface area contributed by atoms with Crippen LogP contribution in [0.4, 0.5) is 0 Å². The molecule has 1 aromatic heterocycles. The molecular weight excluding hydrogens is 278 g/mol. The highest BCUT2D eigenvalue weighted by molar-refractivity contribution is 5.27. The normalized spacial score (nSPS) is 12.5. The molecule has 4 heteroatoms. The van der Waals surface area contributed by atoms with Gasteiger partial charge in [0.1, 0.15) is 11.5 Å². The summed E-state index contributed by atoms with van der Waals surface area (Å²) >= 11 is 0. The highest BCUT2D eigenvalue weighted by Crippen LogP contribution is 2.16. The van der Waals surface area contributed by atoms with E-state index in [0.29, 0.717) is 12.5 Å². The van der Waals surface area contributed by atoms with Gasteiger partial charge in [0, 0.05) is 13.2 Å².